The van der Waals surface area contributed by atoms with Crippen LogP contribution in [-0.4, -0.2) is 19.0 Å². The summed E-state index contributed by atoms with van der Waals surface area (Å²) in [5.41, 5.74) is 10.9. The molecule has 0 radical (unpaired) electrons. The van der Waals surface area contributed by atoms with E-state index in [1.807, 2.05) is 0 Å². The molecule has 0 aromatic rings. The number of nitrogens with two attached hydrogens (primary N) is 2. The number of alkyl halides is 2. The molecule has 0 aromatic heterocycles. The van der Waals surface area contributed by atoms with Crippen molar-refractivity contribution in [1.82, 2.24) is 0 Å². The Morgan fingerprint density at radius 3 is 2.40 bits per heavy atom. The number of rotatable bonds is 3. The van der Waals surface area contributed by atoms with Crippen molar-refractivity contribution < 1.29 is 8.78 Å². The Balaban J connectivity index is 3.86. The molecule has 0 aliphatic heterocycles. The lowest BCUT2D eigenvalue weighted by Crippen LogP contribution is -2.26. The summed E-state index contributed by atoms with van der Waals surface area (Å²) in [4.78, 5) is 0. The second-order valence-electron chi connectivity index (χ2n) is 2.13. The second kappa shape index (κ2) is 4.35. The first-order chi connectivity index (χ1) is 4.57. The Kier molecular flexibility index (Phi) is 4.14. The van der Waals surface area contributed by atoms with E-state index >= 15 is 0 Å². The van der Waals surface area contributed by atoms with Crippen LogP contribution in [0.3, 0.4) is 0 Å². The molecule has 1 atom stereocenters. The SMILES string of the molecule is CC(=CC(N)C(F)F)CN. The van der Waals surface area contributed by atoms with Gasteiger partial charge in [0.1, 0.15) is 0 Å². The predicted octanol–water partition coefficient (Wildman–Crippen LogP) is 0.484. The van der Waals surface area contributed by atoms with Crippen LogP contribution >= 0.6 is 0 Å². The van der Waals surface area contributed by atoms with Crippen molar-refractivity contribution in [2.24, 2.45) is 11.5 Å². The van der Waals surface area contributed by atoms with Crippen LogP contribution in [0.25, 0.3) is 0 Å². The third-order valence-corrected chi connectivity index (χ3v) is 1.09. The minimum atomic E-state index is -2.50. The third-order valence-electron chi connectivity index (χ3n) is 1.09. The fourth-order valence-corrected chi connectivity index (χ4v) is 0.469. The van der Waals surface area contributed by atoms with Gasteiger partial charge in [0, 0.05) is 6.54 Å². The monoisotopic (exact) mass is 150 g/mol. The van der Waals surface area contributed by atoms with Gasteiger partial charge < -0.3 is 11.5 Å². The molecule has 4 N–H and O–H groups in total. The van der Waals surface area contributed by atoms with Crippen LogP contribution in [0.4, 0.5) is 8.78 Å². The van der Waals surface area contributed by atoms with Gasteiger partial charge in [-0.25, -0.2) is 8.78 Å². The summed E-state index contributed by atoms with van der Waals surface area (Å²) in [5, 5.41) is 0. The Labute approximate surface area is 58.9 Å². The lowest BCUT2D eigenvalue weighted by atomic mass is 10.2. The van der Waals surface area contributed by atoms with Gasteiger partial charge in [0.15, 0.2) is 0 Å². The lowest BCUT2D eigenvalue weighted by molar-refractivity contribution is 0.133. The van der Waals surface area contributed by atoms with Crippen molar-refractivity contribution in [2.45, 2.75) is 19.4 Å². The van der Waals surface area contributed by atoms with Gasteiger partial charge in [-0.05, 0) is 6.92 Å². The maximum absolute atomic E-state index is 11.7. The molecule has 0 aliphatic carbocycles. The Hall–Kier alpha value is -0.480. The molecule has 4 heteroatoms. The van der Waals surface area contributed by atoms with Gasteiger partial charge in [0.25, 0.3) is 6.43 Å². The summed E-state index contributed by atoms with van der Waals surface area (Å²) in [6.45, 7) is 1.95. The van der Waals surface area contributed by atoms with Crippen LogP contribution in [0.2, 0.25) is 0 Å². The zero-order chi connectivity index (χ0) is 8.15. The minimum Gasteiger partial charge on any atom is -0.327 e. The van der Waals surface area contributed by atoms with Crippen molar-refractivity contribution in [3.8, 4) is 0 Å². The van der Waals surface area contributed by atoms with Crippen molar-refractivity contribution >= 4 is 0 Å². The minimum absolute atomic E-state index is 0.278. The number of hydrogen-bond donors (Lipinski definition) is 2. The quantitative estimate of drug-likeness (QED) is 0.575. The molecule has 0 aliphatic rings. The fourth-order valence-electron chi connectivity index (χ4n) is 0.469. The summed E-state index contributed by atoms with van der Waals surface area (Å²) >= 11 is 0. The van der Waals surface area contributed by atoms with Crippen LogP contribution in [0.1, 0.15) is 6.92 Å². The highest BCUT2D eigenvalue weighted by Crippen LogP contribution is 2.01. The van der Waals surface area contributed by atoms with E-state index in [1.54, 1.807) is 6.92 Å². The first-order valence-electron chi connectivity index (χ1n) is 2.99. The molecule has 1 unspecified atom stereocenters. The lowest BCUT2D eigenvalue weighted by Gasteiger charge is -2.05. The standard InChI is InChI=1S/C6H12F2N2/c1-4(3-9)2-5(10)6(7)8/h2,5-6H,3,9-10H2,1H3. The summed E-state index contributed by atoms with van der Waals surface area (Å²) in [7, 11) is 0. The van der Waals surface area contributed by atoms with Gasteiger partial charge in [0.05, 0.1) is 6.04 Å². The van der Waals surface area contributed by atoms with E-state index in [9.17, 15) is 8.78 Å². The van der Waals surface area contributed by atoms with Crippen molar-refractivity contribution in [2.75, 3.05) is 6.54 Å². The number of hydrogen-bond acceptors (Lipinski definition) is 2. The fraction of sp³-hybridized carbons (Fsp3) is 0.667. The summed E-state index contributed by atoms with van der Waals surface area (Å²) in [6, 6.07) is -1.18. The normalized spacial score (nSPS) is 16.0. The average Bonchev–Trinajstić information content (AvgIpc) is 1.87. The van der Waals surface area contributed by atoms with Crippen LogP contribution < -0.4 is 11.5 Å². The van der Waals surface area contributed by atoms with Crippen LogP contribution in [-0.2, 0) is 0 Å². The first-order valence-corrected chi connectivity index (χ1v) is 2.99. The average molecular weight is 150 g/mol. The van der Waals surface area contributed by atoms with Gasteiger partial charge in [-0.1, -0.05) is 11.6 Å². The van der Waals surface area contributed by atoms with E-state index in [0.717, 1.165) is 0 Å². The summed E-state index contributed by atoms with van der Waals surface area (Å²) in [5.74, 6) is 0. The van der Waals surface area contributed by atoms with E-state index in [2.05, 4.69) is 0 Å². The molecule has 0 amide bonds. The summed E-state index contributed by atoms with van der Waals surface area (Å²) < 4.78 is 23.4. The van der Waals surface area contributed by atoms with Crippen molar-refractivity contribution in [1.29, 1.82) is 0 Å². The van der Waals surface area contributed by atoms with Gasteiger partial charge in [-0.15, -0.1) is 0 Å². The van der Waals surface area contributed by atoms with Gasteiger partial charge in [0.2, 0.25) is 0 Å². The van der Waals surface area contributed by atoms with Crippen molar-refractivity contribution in [3.63, 3.8) is 0 Å². The molecule has 2 nitrogen and oxygen atoms in total. The first kappa shape index (κ1) is 9.52. The second-order valence-corrected chi connectivity index (χ2v) is 2.13. The molecule has 0 bridgehead atoms. The molecule has 0 heterocycles. The molecule has 0 spiro atoms. The predicted molar refractivity (Wildman–Crippen MR) is 36.8 cm³/mol. The molecule has 0 saturated heterocycles. The zero-order valence-corrected chi connectivity index (χ0v) is 5.85. The van der Waals surface area contributed by atoms with E-state index in [-0.39, 0.29) is 6.54 Å². The molecule has 10 heavy (non-hydrogen) atoms. The maximum Gasteiger partial charge on any atom is 0.257 e. The number of halogens is 2. The molecule has 0 aromatic carbocycles. The highest BCUT2D eigenvalue weighted by Gasteiger charge is 2.11. The van der Waals surface area contributed by atoms with E-state index in [0.29, 0.717) is 5.57 Å². The van der Waals surface area contributed by atoms with Crippen LogP contribution in [0.15, 0.2) is 11.6 Å². The zero-order valence-electron chi connectivity index (χ0n) is 5.85. The Bertz CT molecular complexity index is 123. The highest BCUT2D eigenvalue weighted by atomic mass is 19.3. The molecule has 0 saturated carbocycles. The molecular weight excluding hydrogens is 138 g/mol. The van der Waals surface area contributed by atoms with Gasteiger partial charge in [-0.3, -0.25) is 0 Å². The Morgan fingerprint density at radius 2 is 2.10 bits per heavy atom. The summed E-state index contributed by atoms with van der Waals surface area (Å²) in [6.07, 6.45) is -1.22. The van der Waals surface area contributed by atoms with Crippen LogP contribution in [0, 0.1) is 0 Å². The largest absolute Gasteiger partial charge is 0.327 e. The van der Waals surface area contributed by atoms with E-state index in [1.165, 1.54) is 6.08 Å². The van der Waals surface area contributed by atoms with E-state index in [4.69, 9.17) is 11.5 Å². The van der Waals surface area contributed by atoms with E-state index < -0.39 is 12.5 Å². The highest BCUT2D eigenvalue weighted by molar-refractivity contribution is 5.05. The maximum atomic E-state index is 11.7. The topological polar surface area (TPSA) is 52.0 Å². The smallest absolute Gasteiger partial charge is 0.257 e. The Morgan fingerprint density at radius 1 is 1.60 bits per heavy atom. The molecule has 60 valence electrons. The molecular formula is C6H12F2N2. The van der Waals surface area contributed by atoms with Gasteiger partial charge >= 0.3 is 0 Å². The molecule has 0 rings (SSSR count). The third kappa shape index (κ3) is 3.53. The van der Waals surface area contributed by atoms with Gasteiger partial charge in [-0.2, -0.15) is 0 Å². The van der Waals surface area contributed by atoms with Crippen molar-refractivity contribution in [3.05, 3.63) is 11.6 Å². The van der Waals surface area contributed by atoms with Crippen LogP contribution in [0.5, 0.6) is 0 Å². The molecule has 0 fully saturated rings.